The summed E-state index contributed by atoms with van der Waals surface area (Å²) in [5, 5.41) is 2.68. The summed E-state index contributed by atoms with van der Waals surface area (Å²) >= 11 is 0. The molecular weight excluding hydrogens is 142 g/mol. The molecule has 8 heavy (non-hydrogen) atoms. The van der Waals surface area contributed by atoms with E-state index in [4.69, 9.17) is 0 Å². The summed E-state index contributed by atoms with van der Waals surface area (Å²) in [6, 6.07) is 0. The van der Waals surface area contributed by atoms with Gasteiger partial charge in [-0.3, -0.25) is 4.79 Å². The third-order valence-electron chi connectivity index (χ3n) is 0.903. The number of amides is 1. The molecule has 1 fully saturated rings. The van der Waals surface area contributed by atoms with E-state index < -0.39 is 0 Å². The van der Waals surface area contributed by atoms with Gasteiger partial charge < -0.3 is 5.32 Å². The molecule has 42 valence electrons. The summed E-state index contributed by atoms with van der Waals surface area (Å²) in [5.41, 5.74) is 0. The van der Waals surface area contributed by atoms with E-state index in [0.717, 1.165) is 19.4 Å². The molecule has 1 rings (SSSR count). The topological polar surface area (TPSA) is 29.1 Å². The van der Waals surface area contributed by atoms with Crippen molar-refractivity contribution in [2.75, 3.05) is 6.54 Å². The van der Waals surface area contributed by atoms with Crippen molar-refractivity contribution in [3.8, 4) is 0 Å². The first kappa shape index (κ1) is 12.2. The normalized spacial score (nSPS) is 15.8. The SMILES string of the molecule is O=C1CCCN1.[CaH2].[MgH2]. The van der Waals surface area contributed by atoms with Gasteiger partial charge in [0.2, 0.25) is 5.91 Å². The molecule has 0 aliphatic carbocycles. The van der Waals surface area contributed by atoms with E-state index in [-0.39, 0.29) is 66.7 Å². The molecule has 0 aromatic heterocycles. The van der Waals surface area contributed by atoms with Crippen LogP contribution in [0.25, 0.3) is 0 Å². The second-order valence-corrected chi connectivity index (χ2v) is 1.45. The summed E-state index contributed by atoms with van der Waals surface area (Å²) in [4.78, 5) is 10.1. The predicted octanol–water partition coefficient (Wildman–Crippen LogP) is -1.94. The third kappa shape index (κ3) is 4.38. The Morgan fingerprint density at radius 1 is 1.50 bits per heavy atom. The minimum atomic E-state index is 0. The maximum atomic E-state index is 10.1. The van der Waals surface area contributed by atoms with Gasteiger partial charge in [-0.25, -0.2) is 0 Å². The van der Waals surface area contributed by atoms with Gasteiger partial charge in [0.05, 0.1) is 0 Å². The van der Waals surface area contributed by atoms with E-state index in [0.29, 0.717) is 0 Å². The smallest absolute Gasteiger partial charge is 0.316 e. The van der Waals surface area contributed by atoms with Crippen molar-refractivity contribution >= 4 is 66.7 Å². The number of carbonyl (C=O) groups is 1. The molecule has 4 heteroatoms. The van der Waals surface area contributed by atoms with Crippen LogP contribution in [-0.4, -0.2) is 73.2 Å². The molecule has 1 saturated heterocycles. The molecule has 0 spiro atoms. The number of carbonyl (C=O) groups excluding carboxylic acids is 1. The van der Waals surface area contributed by atoms with Crippen LogP contribution in [0.2, 0.25) is 0 Å². The van der Waals surface area contributed by atoms with Crippen molar-refractivity contribution in [2.24, 2.45) is 0 Å². The Kier molecular flexibility index (Phi) is 10.1. The molecule has 0 bridgehead atoms. The van der Waals surface area contributed by atoms with E-state index >= 15 is 0 Å². The largest absolute Gasteiger partial charge is 0.316 e. The number of nitrogens with one attached hydrogen (secondary N) is 1. The summed E-state index contributed by atoms with van der Waals surface area (Å²) in [6.07, 6.45) is 1.76. The zero-order chi connectivity index (χ0) is 4.41. The Balaban J connectivity index is 0. The number of hydrogen-bond donors (Lipinski definition) is 1. The van der Waals surface area contributed by atoms with Gasteiger partial charge in [0.15, 0.2) is 0 Å². The average Bonchev–Trinajstić information content (AvgIpc) is 1.86. The first-order valence-electron chi connectivity index (χ1n) is 2.16. The Labute approximate surface area is 94.9 Å². The Morgan fingerprint density at radius 2 is 2.12 bits per heavy atom. The first-order chi connectivity index (χ1) is 2.89. The van der Waals surface area contributed by atoms with Gasteiger partial charge in [-0.2, -0.15) is 0 Å². The molecule has 0 atom stereocenters. The van der Waals surface area contributed by atoms with Crippen LogP contribution in [0.1, 0.15) is 12.8 Å². The van der Waals surface area contributed by atoms with Gasteiger partial charge in [-0.15, -0.1) is 0 Å². The number of hydrogen-bond acceptors (Lipinski definition) is 1. The Morgan fingerprint density at radius 3 is 2.25 bits per heavy atom. The molecule has 0 aromatic rings. The maximum absolute atomic E-state index is 10.1. The van der Waals surface area contributed by atoms with Gasteiger partial charge in [0.25, 0.3) is 0 Å². The zero-order valence-corrected chi connectivity index (χ0v) is 3.53. The van der Waals surface area contributed by atoms with Crippen molar-refractivity contribution in [3.63, 3.8) is 0 Å². The fourth-order valence-corrected chi connectivity index (χ4v) is 0.565. The van der Waals surface area contributed by atoms with Crippen molar-refractivity contribution in [1.82, 2.24) is 5.32 Å². The van der Waals surface area contributed by atoms with Gasteiger partial charge in [0, 0.05) is 13.0 Å². The standard InChI is InChI=1S/C4H7NO.Ca.Mg.4H/c6-4-2-1-3-5-4;;;;;;/h1-3H2,(H,5,6);;;;;;. The molecule has 1 amide bonds. The maximum Gasteiger partial charge on any atom is 0.316 e. The summed E-state index contributed by atoms with van der Waals surface area (Å²) < 4.78 is 0. The quantitative estimate of drug-likeness (QED) is 0.404. The second kappa shape index (κ2) is 6.61. The van der Waals surface area contributed by atoms with E-state index in [1.165, 1.54) is 0 Å². The second-order valence-electron chi connectivity index (χ2n) is 1.45. The van der Waals surface area contributed by atoms with E-state index in [9.17, 15) is 4.79 Å². The summed E-state index contributed by atoms with van der Waals surface area (Å²) in [5.74, 6) is 0.204. The molecule has 1 aliphatic rings. The number of rotatable bonds is 0. The summed E-state index contributed by atoms with van der Waals surface area (Å²) in [7, 11) is 0. The molecule has 1 N–H and O–H groups in total. The molecule has 0 aromatic carbocycles. The van der Waals surface area contributed by atoms with Gasteiger partial charge in [-0.05, 0) is 6.42 Å². The van der Waals surface area contributed by atoms with Gasteiger partial charge in [0.1, 0.15) is 0 Å². The fourth-order valence-electron chi connectivity index (χ4n) is 0.565. The predicted molar refractivity (Wildman–Crippen MR) is 39.3 cm³/mol. The minimum absolute atomic E-state index is 0. The molecule has 1 heterocycles. The van der Waals surface area contributed by atoms with Crippen LogP contribution in [0, 0.1) is 0 Å². The van der Waals surface area contributed by atoms with E-state index in [1.807, 2.05) is 0 Å². The van der Waals surface area contributed by atoms with Crippen LogP contribution in [-0.2, 0) is 4.79 Å². The minimum Gasteiger partial charge on any atom is 0.316 e. The first-order valence-corrected chi connectivity index (χ1v) is 2.16. The van der Waals surface area contributed by atoms with Crippen molar-refractivity contribution in [1.29, 1.82) is 0 Å². The van der Waals surface area contributed by atoms with Crippen molar-refractivity contribution < 1.29 is 4.79 Å². The third-order valence-corrected chi connectivity index (χ3v) is 0.903. The van der Waals surface area contributed by atoms with Gasteiger partial charge >= 0.3 is 60.8 Å². The van der Waals surface area contributed by atoms with Crippen LogP contribution in [0.15, 0.2) is 0 Å². The fraction of sp³-hybridized carbons (Fsp3) is 0.750. The van der Waals surface area contributed by atoms with Crippen LogP contribution >= 0.6 is 0 Å². The Bertz CT molecular complexity index is 70.4. The van der Waals surface area contributed by atoms with Gasteiger partial charge in [-0.1, -0.05) is 0 Å². The van der Waals surface area contributed by atoms with Crippen molar-refractivity contribution in [2.45, 2.75) is 12.8 Å². The average molecular weight is 154 g/mol. The monoisotopic (exact) mass is 153 g/mol. The molecule has 1 aliphatic heterocycles. The Hall–Kier alpha value is 1.50. The molecule has 0 radical (unpaired) electrons. The van der Waals surface area contributed by atoms with Crippen LogP contribution in [0.3, 0.4) is 0 Å². The van der Waals surface area contributed by atoms with E-state index in [2.05, 4.69) is 5.32 Å². The van der Waals surface area contributed by atoms with Crippen LogP contribution in [0.5, 0.6) is 0 Å². The molecule has 0 saturated carbocycles. The zero-order valence-electron chi connectivity index (χ0n) is 3.53. The summed E-state index contributed by atoms with van der Waals surface area (Å²) in [6.45, 7) is 0.888. The van der Waals surface area contributed by atoms with Crippen LogP contribution < -0.4 is 5.32 Å². The van der Waals surface area contributed by atoms with Crippen molar-refractivity contribution in [3.05, 3.63) is 0 Å². The molecular formula is C4H11CaMgNO. The molecule has 2 nitrogen and oxygen atoms in total. The van der Waals surface area contributed by atoms with E-state index in [1.54, 1.807) is 0 Å². The molecule has 0 unspecified atom stereocenters. The van der Waals surface area contributed by atoms with Crippen LogP contribution in [0.4, 0.5) is 0 Å².